The van der Waals surface area contributed by atoms with Crippen molar-refractivity contribution in [3.8, 4) is 0 Å². The van der Waals surface area contributed by atoms with E-state index in [1.807, 2.05) is 13.8 Å². The summed E-state index contributed by atoms with van der Waals surface area (Å²) >= 11 is 0. The molecule has 2 heterocycles. The minimum atomic E-state index is -0.835. The molecule has 28 heavy (non-hydrogen) atoms. The Labute approximate surface area is 163 Å². The summed E-state index contributed by atoms with van der Waals surface area (Å²) in [6, 6.07) is 7.01. The third-order valence-corrected chi connectivity index (χ3v) is 6.19. The van der Waals surface area contributed by atoms with Crippen molar-refractivity contribution >= 4 is 22.6 Å². The Balaban J connectivity index is 1.77. The smallest absolute Gasteiger partial charge is 0.311 e. The lowest BCUT2D eigenvalue weighted by Crippen LogP contribution is -2.38. The van der Waals surface area contributed by atoms with Gasteiger partial charge in [-0.1, -0.05) is 38.5 Å². The van der Waals surface area contributed by atoms with Gasteiger partial charge in [-0.3, -0.25) is 14.4 Å². The number of rotatable bonds is 4. The van der Waals surface area contributed by atoms with Crippen LogP contribution in [0, 0.1) is 17.3 Å². The molecule has 0 spiro atoms. The molecule has 1 aromatic carbocycles. The highest BCUT2D eigenvalue weighted by molar-refractivity contribution is 6.05. The average molecular weight is 383 g/mol. The zero-order chi connectivity index (χ0) is 20.1. The van der Waals surface area contributed by atoms with Gasteiger partial charge in [-0.25, -0.2) is 4.68 Å². The Bertz CT molecular complexity index is 1010. The molecule has 1 saturated heterocycles. The summed E-state index contributed by atoms with van der Waals surface area (Å²) in [7, 11) is 0. The van der Waals surface area contributed by atoms with E-state index in [-0.39, 0.29) is 35.5 Å². The van der Waals surface area contributed by atoms with Gasteiger partial charge >= 0.3 is 5.97 Å². The van der Waals surface area contributed by atoms with Crippen LogP contribution in [-0.4, -0.2) is 44.8 Å². The predicted octanol–water partition coefficient (Wildman–Crippen LogP) is 2.38. The van der Waals surface area contributed by atoms with Gasteiger partial charge in [0.1, 0.15) is 0 Å². The number of carbonyl (C=O) groups is 2. The Morgan fingerprint density at radius 3 is 2.64 bits per heavy atom. The number of amides is 1. The van der Waals surface area contributed by atoms with Gasteiger partial charge in [-0.15, -0.1) is 0 Å². The molecular weight excluding hydrogens is 358 g/mol. The molecule has 2 aliphatic rings. The number of benzene rings is 1. The number of aliphatic carboxylic acids is 1. The SMILES string of the molecule is CC(C)Cn1nc(C(=O)N2C[C@@H]3CCC[C@@]3(C(=O)O)C2)c2ccccc2c1=O. The average Bonchev–Trinajstić information content (AvgIpc) is 3.22. The first kappa shape index (κ1) is 18.7. The van der Waals surface area contributed by atoms with Crippen molar-refractivity contribution in [3.63, 3.8) is 0 Å². The molecule has 1 aromatic heterocycles. The van der Waals surface area contributed by atoms with E-state index in [2.05, 4.69) is 5.10 Å². The molecule has 2 aromatic rings. The first-order valence-corrected chi connectivity index (χ1v) is 9.86. The highest BCUT2D eigenvalue weighted by atomic mass is 16.4. The fourth-order valence-corrected chi connectivity index (χ4v) is 4.81. The fraction of sp³-hybridized carbons (Fsp3) is 0.524. The van der Waals surface area contributed by atoms with Gasteiger partial charge in [-0.2, -0.15) is 5.10 Å². The van der Waals surface area contributed by atoms with Crippen LogP contribution in [0.3, 0.4) is 0 Å². The number of carboxylic acid groups (broad SMARTS) is 1. The monoisotopic (exact) mass is 383 g/mol. The van der Waals surface area contributed by atoms with Crippen LogP contribution in [0.5, 0.6) is 0 Å². The van der Waals surface area contributed by atoms with Crippen molar-refractivity contribution in [2.24, 2.45) is 17.3 Å². The summed E-state index contributed by atoms with van der Waals surface area (Å²) in [6.07, 6.45) is 2.33. The maximum Gasteiger partial charge on any atom is 0.311 e. The molecule has 7 heteroatoms. The van der Waals surface area contributed by atoms with Crippen LogP contribution in [0.25, 0.3) is 10.8 Å². The van der Waals surface area contributed by atoms with Crippen molar-refractivity contribution in [3.05, 3.63) is 40.3 Å². The summed E-state index contributed by atoms with van der Waals surface area (Å²) in [4.78, 5) is 39.7. The highest BCUT2D eigenvalue weighted by Gasteiger charge is 2.56. The molecule has 1 aliphatic carbocycles. The molecule has 0 unspecified atom stereocenters. The number of likely N-dealkylation sites (tertiary alicyclic amines) is 1. The molecular formula is C21H25N3O4. The third kappa shape index (κ3) is 2.80. The van der Waals surface area contributed by atoms with Gasteiger partial charge in [0.15, 0.2) is 5.69 Å². The second kappa shape index (κ2) is 6.72. The van der Waals surface area contributed by atoms with E-state index >= 15 is 0 Å². The summed E-state index contributed by atoms with van der Waals surface area (Å²) in [5.41, 5.74) is -0.810. The standard InChI is InChI=1S/C21H25N3O4/c1-13(2)10-24-18(25)16-8-4-3-7-15(16)17(22-24)19(26)23-11-14-6-5-9-21(14,12-23)20(27)28/h3-4,7-8,13-14H,5-6,9-12H2,1-2H3,(H,27,28)/t14-,21+/m0/s1. The van der Waals surface area contributed by atoms with Crippen LogP contribution in [0.1, 0.15) is 43.6 Å². The van der Waals surface area contributed by atoms with Crippen molar-refractivity contribution in [2.45, 2.75) is 39.7 Å². The minimum absolute atomic E-state index is 0.0122. The van der Waals surface area contributed by atoms with E-state index in [0.717, 1.165) is 12.8 Å². The van der Waals surface area contributed by atoms with Crippen LogP contribution in [0.15, 0.2) is 29.1 Å². The number of hydrogen-bond acceptors (Lipinski definition) is 4. The van der Waals surface area contributed by atoms with Crippen LogP contribution in [-0.2, 0) is 11.3 Å². The molecule has 1 aliphatic heterocycles. The molecule has 0 bridgehead atoms. The van der Waals surface area contributed by atoms with E-state index in [0.29, 0.717) is 30.3 Å². The second-order valence-electron chi connectivity index (χ2n) is 8.51. The number of carboxylic acids is 1. The molecule has 0 radical (unpaired) electrons. The lowest BCUT2D eigenvalue weighted by atomic mass is 9.81. The van der Waals surface area contributed by atoms with E-state index in [1.165, 1.54) is 4.68 Å². The molecule has 4 rings (SSSR count). The molecule has 2 fully saturated rings. The summed E-state index contributed by atoms with van der Waals surface area (Å²) in [5, 5.41) is 15.2. The largest absolute Gasteiger partial charge is 0.481 e. The predicted molar refractivity (Wildman–Crippen MR) is 104 cm³/mol. The normalized spacial score (nSPS) is 24.1. The zero-order valence-corrected chi connectivity index (χ0v) is 16.2. The van der Waals surface area contributed by atoms with Crippen molar-refractivity contribution < 1.29 is 14.7 Å². The van der Waals surface area contributed by atoms with Gasteiger partial charge in [0.2, 0.25) is 0 Å². The van der Waals surface area contributed by atoms with E-state index < -0.39 is 11.4 Å². The Kier molecular flexibility index (Phi) is 4.48. The summed E-state index contributed by atoms with van der Waals surface area (Å²) < 4.78 is 1.37. The van der Waals surface area contributed by atoms with Crippen molar-refractivity contribution in [1.29, 1.82) is 0 Å². The van der Waals surface area contributed by atoms with Gasteiger partial charge in [0.05, 0.1) is 10.8 Å². The molecule has 7 nitrogen and oxygen atoms in total. The second-order valence-corrected chi connectivity index (χ2v) is 8.51. The Morgan fingerprint density at radius 1 is 1.29 bits per heavy atom. The maximum atomic E-state index is 13.4. The van der Waals surface area contributed by atoms with Crippen molar-refractivity contribution in [2.75, 3.05) is 13.1 Å². The number of fused-ring (bicyclic) bond motifs is 2. The van der Waals surface area contributed by atoms with Crippen LogP contribution in [0.2, 0.25) is 0 Å². The van der Waals surface area contributed by atoms with Crippen LogP contribution in [0.4, 0.5) is 0 Å². The van der Waals surface area contributed by atoms with E-state index in [9.17, 15) is 19.5 Å². The fourth-order valence-electron chi connectivity index (χ4n) is 4.81. The third-order valence-electron chi connectivity index (χ3n) is 6.19. The maximum absolute atomic E-state index is 13.4. The number of nitrogens with zero attached hydrogens (tertiary/aromatic N) is 3. The summed E-state index contributed by atoms with van der Waals surface area (Å²) in [5.74, 6) is -0.908. The molecule has 1 N–H and O–H groups in total. The highest BCUT2D eigenvalue weighted by Crippen LogP contribution is 2.49. The van der Waals surface area contributed by atoms with Crippen LogP contribution >= 0.6 is 0 Å². The molecule has 1 amide bonds. The van der Waals surface area contributed by atoms with E-state index in [1.54, 1.807) is 29.2 Å². The number of hydrogen-bond donors (Lipinski definition) is 1. The molecule has 1 saturated carbocycles. The first-order chi connectivity index (χ1) is 13.3. The van der Waals surface area contributed by atoms with Gasteiger partial charge < -0.3 is 10.0 Å². The van der Waals surface area contributed by atoms with Gasteiger partial charge in [0.25, 0.3) is 11.5 Å². The zero-order valence-electron chi connectivity index (χ0n) is 16.2. The molecule has 2 atom stereocenters. The van der Waals surface area contributed by atoms with Gasteiger partial charge in [0, 0.05) is 25.0 Å². The first-order valence-electron chi connectivity index (χ1n) is 9.86. The number of carbonyl (C=O) groups excluding carboxylic acids is 1. The lowest BCUT2D eigenvalue weighted by molar-refractivity contribution is -0.149. The minimum Gasteiger partial charge on any atom is -0.481 e. The Morgan fingerprint density at radius 2 is 2.00 bits per heavy atom. The Hall–Kier alpha value is -2.70. The van der Waals surface area contributed by atoms with Crippen LogP contribution < -0.4 is 5.56 Å². The summed E-state index contributed by atoms with van der Waals surface area (Å²) in [6.45, 7) is 5.05. The molecule has 148 valence electrons. The van der Waals surface area contributed by atoms with Gasteiger partial charge in [-0.05, 0) is 30.7 Å². The topological polar surface area (TPSA) is 92.5 Å². The van der Waals surface area contributed by atoms with E-state index in [4.69, 9.17) is 0 Å². The number of aromatic nitrogens is 2. The lowest BCUT2D eigenvalue weighted by Gasteiger charge is -2.23. The van der Waals surface area contributed by atoms with Crippen molar-refractivity contribution in [1.82, 2.24) is 14.7 Å². The quantitative estimate of drug-likeness (QED) is 0.875.